The molecular formula is C19H14ClNO4. The lowest BCUT2D eigenvalue weighted by atomic mass is 10.1. The van der Waals surface area contributed by atoms with Crippen molar-refractivity contribution in [3.05, 3.63) is 70.4 Å². The van der Waals surface area contributed by atoms with Crippen molar-refractivity contribution < 1.29 is 19.1 Å². The molecule has 0 unspecified atom stereocenters. The molecule has 1 heterocycles. The molecule has 3 aromatic rings. The Hall–Kier alpha value is -3.05. The third kappa shape index (κ3) is 3.56. The van der Waals surface area contributed by atoms with Gasteiger partial charge in [0, 0.05) is 16.3 Å². The molecule has 0 atom stereocenters. The monoisotopic (exact) mass is 355 g/mol. The number of halogens is 1. The molecule has 5 nitrogen and oxygen atoms in total. The molecular weight excluding hydrogens is 342 g/mol. The molecule has 3 rings (SSSR count). The number of rotatable bonds is 4. The molecule has 126 valence electrons. The summed E-state index contributed by atoms with van der Waals surface area (Å²) in [7, 11) is 0. The Morgan fingerprint density at radius 2 is 1.96 bits per heavy atom. The van der Waals surface area contributed by atoms with Crippen molar-refractivity contribution in [1.29, 1.82) is 0 Å². The van der Waals surface area contributed by atoms with Gasteiger partial charge in [0.1, 0.15) is 11.5 Å². The molecule has 1 aromatic heterocycles. The SMILES string of the molecule is Cc1ccc(NC(=O)c2cc(-c3ccc(C=O)o3)ccc2O)cc1Cl. The summed E-state index contributed by atoms with van der Waals surface area (Å²) in [5, 5.41) is 13.2. The summed E-state index contributed by atoms with van der Waals surface area (Å²) in [5.41, 5.74) is 2.07. The van der Waals surface area contributed by atoms with Gasteiger partial charge in [-0.25, -0.2) is 0 Å². The molecule has 0 aliphatic rings. The van der Waals surface area contributed by atoms with E-state index in [0.717, 1.165) is 5.56 Å². The largest absolute Gasteiger partial charge is 0.507 e. The van der Waals surface area contributed by atoms with Crippen molar-refractivity contribution in [1.82, 2.24) is 0 Å². The molecule has 0 bridgehead atoms. The maximum Gasteiger partial charge on any atom is 0.259 e. The number of hydrogen-bond donors (Lipinski definition) is 2. The first-order chi connectivity index (χ1) is 12.0. The maximum absolute atomic E-state index is 12.5. The van der Waals surface area contributed by atoms with Crippen LogP contribution in [-0.2, 0) is 0 Å². The number of amides is 1. The molecule has 0 spiro atoms. The van der Waals surface area contributed by atoms with Gasteiger partial charge in [-0.15, -0.1) is 0 Å². The molecule has 1 amide bonds. The van der Waals surface area contributed by atoms with E-state index in [4.69, 9.17) is 16.0 Å². The number of phenolic OH excluding ortho intramolecular Hbond substituents is 1. The van der Waals surface area contributed by atoms with Crippen LogP contribution in [0, 0.1) is 6.92 Å². The third-order valence-electron chi connectivity index (χ3n) is 3.70. The smallest absolute Gasteiger partial charge is 0.259 e. The van der Waals surface area contributed by atoms with Gasteiger partial charge in [0.25, 0.3) is 5.91 Å². The van der Waals surface area contributed by atoms with Crippen LogP contribution in [0.25, 0.3) is 11.3 Å². The summed E-state index contributed by atoms with van der Waals surface area (Å²) < 4.78 is 5.34. The zero-order valence-corrected chi connectivity index (χ0v) is 14.0. The van der Waals surface area contributed by atoms with Crippen LogP contribution in [0.3, 0.4) is 0 Å². The maximum atomic E-state index is 12.5. The summed E-state index contributed by atoms with van der Waals surface area (Å²) >= 11 is 6.05. The van der Waals surface area contributed by atoms with Crippen molar-refractivity contribution in [2.75, 3.05) is 5.32 Å². The van der Waals surface area contributed by atoms with Gasteiger partial charge in [0.2, 0.25) is 0 Å². The van der Waals surface area contributed by atoms with Crippen LogP contribution in [-0.4, -0.2) is 17.3 Å². The third-order valence-corrected chi connectivity index (χ3v) is 4.11. The highest BCUT2D eigenvalue weighted by Crippen LogP contribution is 2.28. The van der Waals surface area contributed by atoms with Crippen LogP contribution in [0.15, 0.2) is 52.9 Å². The first-order valence-corrected chi connectivity index (χ1v) is 7.81. The van der Waals surface area contributed by atoms with Crippen molar-refractivity contribution >= 4 is 29.5 Å². The molecule has 0 saturated carbocycles. The number of phenols is 1. The normalized spacial score (nSPS) is 10.5. The highest BCUT2D eigenvalue weighted by molar-refractivity contribution is 6.31. The average Bonchev–Trinajstić information content (AvgIpc) is 3.07. The van der Waals surface area contributed by atoms with Gasteiger partial charge in [-0.1, -0.05) is 17.7 Å². The number of nitrogens with one attached hydrogen (secondary N) is 1. The van der Waals surface area contributed by atoms with Gasteiger partial charge in [-0.05, 0) is 55.0 Å². The summed E-state index contributed by atoms with van der Waals surface area (Å²) in [6, 6.07) is 12.8. The van der Waals surface area contributed by atoms with Crippen LogP contribution < -0.4 is 5.32 Å². The Bertz CT molecular complexity index is 962. The lowest BCUT2D eigenvalue weighted by Gasteiger charge is -2.09. The summed E-state index contributed by atoms with van der Waals surface area (Å²) in [4.78, 5) is 23.2. The number of carbonyl (C=O) groups is 2. The molecule has 2 N–H and O–H groups in total. The number of anilines is 1. The van der Waals surface area contributed by atoms with Gasteiger partial charge in [0.15, 0.2) is 12.0 Å². The van der Waals surface area contributed by atoms with Crippen LogP contribution in [0.5, 0.6) is 5.75 Å². The minimum atomic E-state index is -0.485. The predicted molar refractivity (Wildman–Crippen MR) is 95.3 cm³/mol. The topological polar surface area (TPSA) is 79.5 Å². The molecule has 6 heteroatoms. The molecule has 25 heavy (non-hydrogen) atoms. The molecule has 0 aliphatic carbocycles. The van der Waals surface area contributed by atoms with Gasteiger partial charge >= 0.3 is 0 Å². The van der Waals surface area contributed by atoms with Gasteiger partial charge in [-0.2, -0.15) is 0 Å². The summed E-state index contributed by atoms with van der Waals surface area (Å²) in [6.07, 6.45) is 0.596. The number of furan rings is 1. The van der Waals surface area contributed by atoms with E-state index in [9.17, 15) is 14.7 Å². The van der Waals surface area contributed by atoms with Crippen molar-refractivity contribution in [2.45, 2.75) is 6.92 Å². The Balaban J connectivity index is 1.90. The number of benzene rings is 2. The van der Waals surface area contributed by atoms with Crippen LogP contribution >= 0.6 is 11.6 Å². The Kier molecular flexibility index (Phi) is 4.59. The minimum Gasteiger partial charge on any atom is -0.507 e. The number of aryl methyl sites for hydroxylation is 1. The quantitative estimate of drug-likeness (QED) is 0.666. The van der Waals surface area contributed by atoms with Crippen molar-refractivity contribution in [3.63, 3.8) is 0 Å². The number of aldehydes is 1. The fourth-order valence-corrected chi connectivity index (χ4v) is 2.49. The number of hydrogen-bond acceptors (Lipinski definition) is 4. The van der Waals surface area contributed by atoms with E-state index in [-0.39, 0.29) is 17.1 Å². The zero-order chi connectivity index (χ0) is 18.0. The van der Waals surface area contributed by atoms with Crippen molar-refractivity contribution in [2.24, 2.45) is 0 Å². The second-order valence-electron chi connectivity index (χ2n) is 5.47. The van der Waals surface area contributed by atoms with Crippen LogP contribution in [0.4, 0.5) is 5.69 Å². The minimum absolute atomic E-state index is 0.0817. The molecule has 0 radical (unpaired) electrons. The van der Waals surface area contributed by atoms with E-state index >= 15 is 0 Å². The number of aromatic hydroxyl groups is 1. The molecule has 0 fully saturated rings. The van der Waals surface area contributed by atoms with Gasteiger partial charge in [0.05, 0.1) is 5.56 Å². The predicted octanol–water partition coefficient (Wildman–Crippen LogP) is 4.68. The van der Waals surface area contributed by atoms with Crippen LogP contribution in [0.1, 0.15) is 26.5 Å². The van der Waals surface area contributed by atoms with E-state index in [1.54, 1.807) is 30.3 Å². The highest BCUT2D eigenvalue weighted by Gasteiger charge is 2.15. The second kappa shape index (κ2) is 6.83. The van der Waals surface area contributed by atoms with E-state index in [0.29, 0.717) is 28.3 Å². The standard InChI is InChI=1S/C19H14ClNO4/c1-11-2-4-13(9-16(11)20)21-19(24)15-8-12(3-6-17(15)23)18-7-5-14(10-22)25-18/h2-10,23H,1H3,(H,21,24). The average molecular weight is 356 g/mol. The second-order valence-corrected chi connectivity index (χ2v) is 5.88. The molecule has 2 aromatic carbocycles. The van der Waals surface area contributed by atoms with Crippen LogP contribution in [0.2, 0.25) is 5.02 Å². The van der Waals surface area contributed by atoms with E-state index in [1.807, 2.05) is 6.92 Å². The fourth-order valence-electron chi connectivity index (χ4n) is 2.31. The van der Waals surface area contributed by atoms with Gasteiger partial charge in [-0.3, -0.25) is 9.59 Å². The van der Waals surface area contributed by atoms with Gasteiger partial charge < -0.3 is 14.8 Å². The molecule has 0 aliphatic heterocycles. The summed E-state index contributed by atoms with van der Waals surface area (Å²) in [6.45, 7) is 1.86. The van der Waals surface area contributed by atoms with Crippen molar-refractivity contribution in [3.8, 4) is 17.1 Å². The lowest BCUT2D eigenvalue weighted by Crippen LogP contribution is -2.12. The first-order valence-electron chi connectivity index (χ1n) is 7.44. The number of carbonyl (C=O) groups excluding carboxylic acids is 2. The molecule has 0 saturated heterocycles. The first kappa shape index (κ1) is 16.8. The van der Waals surface area contributed by atoms with E-state index in [1.165, 1.54) is 18.2 Å². The highest BCUT2D eigenvalue weighted by atomic mass is 35.5. The Morgan fingerprint density at radius 3 is 2.64 bits per heavy atom. The Morgan fingerprint density at radius 1 is 1.16 bits per heavy atom. The lowest BCUT2D eigenvalue weighted by molar-refractivity contribution is 0.102. The zero-order valence-electron chi connectivity index (χ0n) is 13.2. The van der Waals surface area contributed by atoms with E-state index < -0.39 is 5.91 Å². The summed E-state index contributed by atoms with van der Waals surface area (Å²) in [5.74, 6) is -0.0408. The Labute approximate surface area is 148 Å². The van der Waals surface area contributed by atoms with E-state index in [2.05, 4.69) is 5.32 Å². The fraction of sp³-hybridized carbons (Fsp3) is 0.0526.